The van der Waals surface area contributed by atoms with E-state index >= 15 is 0 Å². The molecular formula is C15H19N3O4. The standard InChI is InChI=1S/C15H19N3O4/c1-3-14-17-18-15(22-14)11-4-6-12(7-5-11)21-10-13(19)16-8-9-20-2/h4-7H,3,8-10H2,1-2H3,(H,16,19). The minimum Gasteiger partial charge on any atom is -0.484 e. The summed E-state index contributed by atoms with van der Waals surface area (Å²) in [4.78, 5) is 11.5. The number of methoxy groups -OCH3 is 1. The average molecular weight is 305 g/mol. The third-order valence-electron chi connectivity index (χ3n) is 2.87. The molecule has 0 fully saturated rings. The molecule has 0 atom stereocenters. The summed E-state index contributed by atoms with van der Waals surface area (Å²) >= 11 is 0. The van der Waals surface area contributed by atoms with Gasteiger partial charge < -0.3 is 19.2 Å². The maximum absolute atomic E-state index is 11.5. The van der Waals surface area contributed by atoms with Gasteiger partial charge in [-0.2, -0.15) is 0 Å². The first-order valence-electron chi connectivity index (χ1n) is 7.04. The molecule has 0 aliphatic heterocycles. The van der Waals surface area contributed by atoms with E-state index in [1.54, 1.807) is 19.2 Å². The van der Waals surface area contributed by atoms with Crippen molar-refractivity contribution >= 4 is 5.91 Å². The van der Waals surface area contributed by atoms with Crippen LogP contribution in [0, 0.1) is 0 Å². The van der Waals surface area contributed by atoms with Crippen LogP contribution in [0.1, 0.15) is 12.8 Å². The number of carbonyl (C=O) groups is 1. The minimum atomic E-state index is -0.189. The van der Waals surface area contributed by atoms with Crippen LogP contribution < -0.4 is 10.1 Å². The number of amides is 1. The van der Waals surface area contributed by atoms with Crippen LogP contribution in [0.25, 0.3) is 11.5 Å². The molecule has 0 saturated heterocycles. The van der Waals surface area contributed by atoms with Crippen molar-refractivity contribution in [1.29, 1.82) is 0 Å². The number of carbonyl (C=O) groups excluding carboxylic acids is 1. The van der Waals surface area contributed by atoms with Crippen LogP contribution in [0.5, 0.6) is 5.75 Å². The van der Waals surface area contributed by atoms with Gasteiger partial charge in [-0.05, 0) is 24.3 Å². The fourth-order valence-corrected chi connectivity index (χ4v) is 1.70. The summed E-state index contributed by atoms with van der Waals surface area (Å²) in [6, 6.07) is 7.14. The Kier molecular flexibility index (Phi) is 5.91. The number of nitrogens with zero attached hydrogens (tertiary/aromatic N) is 2. The predicted molar refractivity (Wildman–Crippen MR) is 79.5 cm³/mol. The lowest BCUT2D eigenvalue weighted by molar-refractivity contribution is -0.123. The molecule has 0 aliphatic rings. The zero-order valence-electron chi connectivity index (χ0n) is 12.7. The summed E-state index contributed by atoms with van der Waals surface area (Å²) in [5.74, 6) is 1.48. The summed E-state index contributed by atoms with van der Waals surface area (Å²) < 4.78 is 15.7. The second-order valence-corrected chi connectivity index (χ2v) is 4.51. The van der Waals surface area contributed by atoms with Gasteiger partial charge in [-0.3, -0.25) is 4.79 Å². The molecule has 1 heterocycles. The zero-order chi connectivity index (χ0) is 15.8. The third kappa shape index (κ3) is 4.56. The van der Waals surface area contributed by atoms with E-state index in [1.165, 1.54) is 0 Å². The highest BCUT2D eigenvalue weighted by atomic mass is 16.5. The Hall–Kier alpha value is -2.41. The lowest BCUT2D eigenvalue weighted by Gasteiger charge is -2.07. The van der Waals surface area contributed by atoms with Gasteiger partial charge in [0.2, 0.25) is 11.8 Å². The molecule has 0 radical (unpaired) electrons. The van der Waals surface area contributed by atoms with Crippen LogP contribution in [0.2, 0.25) is 0 Å². The summed E-state index contributed by atoms with van der Waals surface area (Å²) in [5.41, 5.74) is 0.809. The number of hydrogen-bond donors (Lipinski definition) is 1. The Morgan fingerprint density at radius 1 is 1.27 bits per heavy atom. The number of nitrogens with one attached hydrogen (secondary N) is 1. The quantitative estimate of drug-likeness (QED) is 0.743. The molecular weight excluding hydrogens is 286 g/mol. The molecule has 0 unspecified atom stereocenters. The Labute approximate surface area is 128 Å². The van der Waals surface area contributed by atoms with Crippen molar-refractivity contribution in [2.45, 2.75) is 13.3 Å². The van der Waals surface area contributed by atoms with E-state index in [0.29, 0.717) is 37.1 Å². The lowest BCUT2D eigenvalue weighted by atomic mass is 10.2. The van der Waals surface area contributed by atoms with Gasteiger partial charge in [0.05, 0.1) is 6.61 Å². The average Bonchev–Trinajstić information content (AvgIpc) is 3.03. The maximum Gasteiger partial charge on any atom is 0.258 e. The van der Waals surface area contributed by atoms with Gasteiger partial charge in [-0.1, -0.05) is 6.92 Å². The molecule has 7 heteroatoms. The molecule has 7 nitrogen and oxygen atoms in total. The molecule has 0 spiro atoms. The number of hydrogen-bond acceptors (Lipinski definition) is 6. The molecule has 2 rings (SSSR count). The zero-order valence-corrected chi connectivity index (χ0v) is 12.7. The SMILES string of the molecule is CCc1nnc(-c2ccc(OCC(=O)NCCOC)cc2)o1. The molecule has 2 aromatic rings. The smallest absolute Gasteiger partial charge is 0.258 e. The first-order chi connectivity index (χ1) is 10.7. The summed E-state index contributed by atoms with van der Waals surface area (Å²) in [6.07, 6.45) is 0.701. The van der Waals surface area contributed by atoms with E-state index in [0.717, 1.165) is 5.56 Å². The Balaban J connectivity index is 1.85. The second kappa shape index (κ2) is 8.14. The molecule has 118 valence electrons. The lowest BCUT2D eigenvalue weighted by Crippen LogP contribution is -2.31. The molecule has 0 aliphatic carbocycles. The van der Waals surface area contributed by atoms with Crippen LogP contribution in [0.4, 0.5) is 0 Å². The van der Waals surface area contributed by atoms with Crippen molar-refractivity contribution in [2.24, 2.45) is 0 Å². The monoisotopic (exact) mass is 305 g/mol. The predicted octanol–water partition coefficient (Wildman–Crippen LogP) is 1.44. The number of ether oxygens (including phenoxy) is 2. The van der Waals surface area contributed by atoms with Gasteiger partial charge in [0.1, 0.15) is 5.75 Å². The van der Waals surface area contributed by atoms with Crippen molar-refractivity contribution in [2.75, 3.05) is 26.9 Å². The molecule has 1 aromatic carbocycles. The van der Waals surface area contributed by atoms with Crippen molar-refractivity contribution in [3.8, 4) is 17.2 Å². The highest BCUT2D eigenvalue weighted by Crippen LogP contribution is 2.21. The first-order valence-corrected chi connectivity index (χ1v) is 7.04. The van der Waals surface area contributed by atoms with Gasteiger partial charge >= 0.3 is 0 Å². The van der Waals surface area contributed by atoms with Crippen LogP contribution in [-0.4, -0.2) is 43.0 Å². The topological polar surface area (TPSA) is 86.5 Å². The van der Waals surface area contributed by atoms with Gasteiger partial charge in [-0.15, -0.1) is 10.2 Å². The van der Waals surface area contributed by atoms with Crippen LogP contribution in [0.3, 0.4) is 0 Å². The second-order valence-electron chi connectivity index (χ2n) is 4.51. The summed E-state index contributed by atoms with van der Waals surface area (Å²) in [7, 11) is 1.58. The highest BCUT2D eigenvalue weighted by Gasteiger charge is 2.08. The van der Waals surface area contributed by atoms with Crippen molar-refractivity contribution in [3.63, 3.8) is 0 Å². The van der Waals surface area contributed by atoms with E-state index in [1.807, 2.05) is 19.1 Å². The van der Waals surface area contributed by atoms with Crippen molar-refractivity contribution < 1.29 is 18.7 Å². The first kappa shape index (κ1) is 16.0. The minimum absolute atomic E-state index is 0.0381. The number of aromatic nitrogens is 2. The Bertz CT molecular complexity index is 595. The fraction of sp³-hybridized carbons (Fsp3) is 0.400. The molecule has 0 saturated carbocycles. The van der Waals surface area contributed by atoms with E-state index in [4.69, 9.17) is 13.9 Å². The third-order valence-corrected chi connectivity index (χ3v) is 2.87. The van der Waals surface area contributed by atoms with E-state index in [-0.39, 0.29) is 12.5 Å². The molecule has 0 bridgehead atoms. The van der Waals surface area contributed by atoms with Crippen molar-refractivity contribution in [3.05, 3.63) is 30.2 Å². The largest absolute Gasteiger partial charge is 0.484 e. The van der Waals surface area contributed by atoms with Gasteiger partial charge in [0.25, 0.3) is 5.91 Å². The molecule has 1 N–H and O–H groups in total. The molecule has 22 heavy (non-hydrogen) atoms. The van der Waals surface area contributed by atoms with E-state index in [9.17, 15) is 4.79 Å². The van der Waals surface area contributed by atoms with E-state index in [2.05, 4.69) is 15.5 Å². The number of aryl methyl sites for hydroxylation is 1. The van der Waals surface area contributed by atoms with Gasteiger partial charge in [-0.25, -0.2) is 0 Å². The molecule has 1 amide bonds. The molecule has 1 aromatic heterocycles. The van der Waals surface area contributed by atoms with E-state index < -0.39 is 0 Å². The Morgan fingerprint density at radius 3 is 2.68 bits per heavy atom. The summed E-state index contributed by atoms with van der Waals surface area (Å²) in [6.45, 7) is 2.86. The maximum atomic E-state index is 11.5. The van der Waals surface area contributed by atoms with Crippen LogP contribution in [-0.2, 0) is 16.0 Å². The normalized spacial score (nSPS) is 10.5. The number of rotatable bonds is 8. The summed E-state index contributed by atoms with van der Waals surface area (Å²) in [5, 5.41) is 10.6. The van der Waals surface area contributed by atoms with Crippen molar-refractivity contribution in [1.82, 2.24) is 15.5 Å². The Morgan fingerprint density at radius 2 is 2.05 bits per heavy atom. The highest BCUT2D eigenvalue weighted by molar-refractivity contribution is 5.77. The number of benzene rings is 1. The van der Waals surface area contributed by atoms with Crippen LogP contribution in [0.15, 0.2) is 28.7 Å². The van der Waals surface area contributed by atoms with Crippen LogP contribution >= 0.6 is 0 Å². The van der Waals surface area contributed by atoms with Gasteiger partial charge in [0.15, 0.2) is 6.61 Å². The fourth-order valence-electron chi connectivity index (χ4n) is 1.70. The van der Waals surface area contributed by atoms with Gasteiger partial charge in [0, 0.05) is 25.6 Å².